The molecule has 0 saturated carbocycles. The smallest absolute Gasteiger partial charge is 0.231 e. The first-order valence-electron chi connectivity index (χ1n) is 12.1. The van der Waals surface area contributed by atoms with E-state index in [1.807, 2.05) is 59.3 Å². The van der Waals surface area contributed by atoms with Crippen LogP contribution in [0.5, 0.6) is 11.5 Å². The fourth-order valence-electron chi connectivity index (χ4n) is 4.95. The van der Waals surface area contributed by atoms with Gasteiger partial charge in [0, 0.05) is 37.3 Å². The molecule has 1 aromatic heterocycles. The van der Waals surface area contributed by atoms with Crippen LogP contribution >= 0.6 is 0 Å². The molecule has 0 spiro atoms. The van der Waals surface area contributed by atoms with Crippen molar-refractivity contribution >= 4 is 11.8 Å². The van der Waals surface area contributed by atoms with E-state index in [0.717, 1.165) is 35.6 Å². The maximum atomic E-state index is 13.1. The number of aryl methyl sites for hydroxylation is 1. The quantitative estimate of drug-likeness (QED) is 0.469. The Morgan fingerprint density at radius 2 is 2.03 bits per heavy atom. The van der Waals surface area contributed by atoms with E-state index in [0.29, 0.717) is 32.1 Å². The molecule has 2 aliphatic rings. The predicted molar refractivity (Wildman–Crippen MR) is 130 cm³/mol. The molecule has 8 heteroatoms. The molecule has 3 aromatic rings. The third kappa shape index (κ3) is 5.65. The van der Waals surface area contributed by atoms with Crippen molar-refractivity contribution in [2.75, 3.05) is 6.79 Å². The van der Waals surface area contributed by atoms with E-state index in [4.69, 9.17) is 9.47 Å². The summed E-state index contributed by atoms with van der Waals surface area (Å²) in [5, 5.41) is 6.39. The Balaban J connectivity index is 1.24. The number of fused-ring (bicyclic) bond motifs is 1. The zero-order chi connectivity index (χ0) is 24.1. The number of imidazole rings is 1. The highest BCUT2D eigenvalue weighted by molar-refractivity contribution is 5.80. The number of nitrogens with one attached hydrogen (secondary N) is 2. The molecule has 182 valence electrons. The van der Waals surface area contributed by atoms with Crippen molar-refractivity contribution in [3.63, 3.8) is 0 Å². The first-order valence-corrected chi connectivity index (χ1v) is 12.1. The molecular formula is C27H30N4O4. The lowest BCUT2D eigenvalue weighted by Crippen LogP contribution is -2.44. The van der Waals surface area contributed by atoms with Crippen LogP contribution in [0.15, 0.2) is 67.3 Å². The van der Waals surface area contributed by atoms with Crippen LogP contribution in [0.2, 0.25) is 0 Å². The summed E-state index contributed by atoms with van der Waals surface area (Å²) in [6, 6.07) is 15.8. The van der Waals surface area contributed by atoms with E-state index in [9.17, 15) is 9.59 Å². The summed E-state index contributed by atoms with van der Waals surface area (Å²) in [4.78, 5) is 29.4. The van der Waals surface area contributed by atoms with E-state index in [2.05, 4.69) is 15.6 Å². The van der Waals surface area contributed by atoms with E-state index in [1.54, 1.807) is 12.5 Å². The molecule has 2 amide bonds. The summed E-state index contributed by atoms with van der Waals surface area (Å²) in [6.07, 6.45) is 8.95. The Morgan fingerprint density at radius 3 is 2.80 bits per heavy atom. The van der Waals surface area contributed by atoms with E-state index in [-0.39, 0.29) is 24.6 Å². The van der Waals surface area contributed by atoms with Gasteiger partial charge in [-0.1, -0.05) is 36.4 Å². The van der Waals surface area contributed by atoms with Gasteiger partial charge in [0.15, 0.2) is 11.5 Å². The van der Waals surface area contributed by atoms with Crippen LogP contribution in [-0.2, 0) is 22.6 Å². The maximum absolute atomic E-state index is 13.1. The maximum Gasteiger partial charge on any atom is 0.231 e. The third-order valence-electron chi connectivity index (χ3n) is 6.82. The summed E-state index contributed by atoms with van der Waals surface area (Å²) < 4.78 is 12.9. The lowest BCUT2D eigenvalue weighted by molar-refractivity contribution is -0.123. The van der Waals surface area contributed by atoms with Crippen LogP contribution in [0.1, 0.15) is 49.3 Å². The Hall–Kier alpha value is -3.81. The van der Waals surface area contributed by atoms with Gasteiger partial charge in [0.25, 0.3) is 0 Å². The van der Waals surface area contributed by atoms with E-state index >= 15 is 0 Å². The van der Waals surface area contributed by atoms with Gasteiger partial charge in [0.05, 0.1) is 12.4 Å². The largest absolute Gasteiger partial charge is 0.454 e. The van der Waals surface area contributed by atoms with Gasteiger partial charge in [-0.15, -0.1) is 0 Å². The third-order valence-corrected chi connectivity index (χ3v) is 6.82. The van der Waals surface area contributed by atoms with Crippen LogP contribution < -0.4 is 20.1 Å². The second-order valence-electron chi connectivity index (χ2n) is 9.31. The van der Waals surface area contributed by atoms with Gasteiger partial charge in [-0.2, -0.15) is 0 Å². The lowest BCUT2D eigenvalue weighted by Gasteiger charge is -2.30. The number of rotatable bonds is 10. The topological polar surface area (TPSA) is 94.5 Å². The Bertz CT molecular complexity index is 1170. The van der Waals surface area contributed by atoms with Gasteiger partial charge >= 0.3 is 0 Å². The van der Waals surface area contributed by atoms with E-state index in [1.165, 1.54) is 0 Å². The summed E-state index contributed by atoms with van der Waals surface area (Å²) >= 11 is 0. The summed E-state index contributed by atoms with van der Waals surface area (Å²) in [5.74, 6) is 1.48. The van der Waals surface area contributed by atoms with Gasteiger partial charge in [-0.25, -0.2) is 4.98 Å². The average molecular weight is 475 g/mol. The number of aromatic nitrogens is 2. The van der Waals surface area contributed by atoms with Crippen LogP contribution in [-0.4, -0.2) is 33.7 Å². The summed E-state index contributed by atoms with van der Waals surface area (Å²) in [5.41, 5.74) is 1.69. The number of hydrogen-bond donors (Lipinski definition) is 2. The molecule has 0 radical (unpaired) electrons. The number of amides is 2. The SMILES string of the molecule is O=C(CC[C@@]1(Cc2ccc3c(c2)OCO3)CCC(=O)N1)N[C@H](CCn1ccnc1)c1ccccc1. The highest BCUT2D eigenvalue weighted by Gasteiger charge is 2.38. The second kappa shape index (κ2) is 10.2. The Morgan fingerprint density at radius 1 is 1.17 bits per heavy atom. The molecule has 8 nitrogen and oxygen atoms in total. The molecule has 35 heavy (non-hydrogen) atoms. The van der Waals surface area contributed by atoms with Crippen molar-refractivity contribution in [3.05, 3.63) is 78.4 Å². The first-order chi connectivity index (χ1) is 17.1. The molecule has 5 rings (SSSR count). The minimum Gasteiger partial charge on any atom is -0.454 e. The number of hydrogen-bond acceptors (Lipinski definition) is 5. The second-order valence-corrected chi connectivity index (χ2v) is 9.31. The highest BCUT2D eigenvalue weighted by atomic mass is 16.7. The van der Waals surface area contributed by atoms with Gasteiger partial charge in [0.2, 0.25) is 18.6 Å². The molecule has 1 fully saturated rings. The highest BCUT2D eigenvalue weighted by Crippen LogP contribution is 2.36. The Kier molecular flexibility index (Phi) is 6.70. The standard InChI is InChI=1S/C27H30N4O4/c32-25(29-22(21-4-2-1-3-5-21)10-14-31-15-13-28-18-31)8-11-27(12-9-26(33)30-27)17-20-6-7-23-24(16-20)35-19-34-23/h1-7,13,15-16,18,22H,8-12,14,17,19H2,(H,29,32)(H,30,33)/t22-,27+/m1/s1. The van der Waals surface area contributed by atoms with Crippen LogP contribution in [0, 0.1) is 0 Å². The molecule has 2 aromatic carbocycles. The molecule has 0 bridgehead atoms. The van der Waals surface area contributed by atoms with Crippen molar-refractivity contribution < 1.29 is 19.1 Å². The monoisotopic (exact) mass is 474 g/mol. The fraction of sp³-hybridized carbons (Fsp3) is 0.370. The minimum absolute atomic E-state index is 0.0179. The molecule has 0 aliphatic carbocycles. The first kappa shape index (κ1) is 23.0. The van der Waals surface area contributed by atoms with Gasteiger partial charge in [0.1, 0.15) is 0 Å². The zero-order valence-corrected chi connectivity index (χ0v) is 19.6. The fourth-order valence-corrected chi connectivity index (χ4v) is 4.95. The van der Waals surface area contributed by atoms with Crippen molar-refractivity contribution in [3.8, 4) is 11.5 Å². The molecule has 2 aliphatic heterocycles. The number of benzene rings is 2. The summed E-state index contributed by atoms with van der Waals surface area (Å²) in [7, 11) is 0. The predicted octanol–water partition coefficient (Wildman–Crippen LogP) is 3.53. The van der Waals surface area contributed by atoms with Crippen molar-refractivity contribution in [1.29, 1.82) is 0 Å². The van der Waals surface area contributed by atoms with Crippen molar-refractivity contribution in [2.45, 2.75) is 56.7 Å². The molecule has 1 saturated heterocycles. The number of nitrogens with zero attached hydrogens (tertiary/aromatic N) is 2. The molecule has 2 atom stereocenters. The van der Waals surface area contributed by atoms with Gasteiger partial charge in [-0.3, -0.25) is 9.59 Å². The molecule has 3 heterocycles. The minimum atomic E-state index is -0.443. The molecular weight excluding hydrogens is 444 g/mol. The summed E-state index contributed by atoms with van der Waals surface area (Å²) in [6.45, 7) is 0.980. The van der Waals surface area contributed by atoms with Crippen molar-refractivity contribution in [1.82, 2.24) is 20.2 Å². The molecule has 2 N–H and O–H groups in total. The van der Waals surface area contributed by atoms with Gasteiger partial charge in [-0.05, 0) is 48.9 Å². The lowest BCUT2D eigenvalue weighted by atomic mass is 9.84. The van der Waals surface area contributed by atoms with Crippen molar-refractivity contribution in [2.24, 2.45) is 0 Å². The van der Waals surface area contributed by atoms with Gasteiger partial charge < -0.3 is 24.7 Å². The number of carbonyl (C=O) groups is 2. The van der Waals surface area contributed by atoms with Crippen LogP contribution in [0.25, 0.3) is 0 Å². The average Bonchev–Trinajstić information content (AvgIpc) is 3.63. The number of carbonyl (C=O) groups excluding carboxylic acids is 2. The number of ether oxygens (including phenoxy) is 2. The normalized spacial score (nSPS) is 19.4. The van der Waals surface area contributed by atoms with Crippen LogP contribution in [0.3, 0.4) is 0 Å². The zero-order valence-electron chi connectivity index (χ0n) is 19.6. The van der Waals surface area contributed by atoms with Crippen LogP contribution in [0.4, 0.5) is 0 Å². The molecule has 0 unspecified atom stereocenters. The van der Waals surface area contributed by atoms with E-state index < -0.39 is 5.54 Å². The Labute approximate surface area is 204 Å².